The van der Waals surface area contributed by atoms with E-state index >= 15 is 0 Å². The van der Waals surface area contributed by atoms with E-state index in [9.17, 15) is 4.79 Å². The van der Waals surface area contributed by atoms with E-state index in [4.69, 9.17) is 15.2 Å². The molecule has 110 valence electrons. The Labute approximate surface area is 119 Å². The van der Waals surface area contributed by atoms with Gasteiger partial charge in [-0.25, -0.2) is 0 Å². The van der Waals surface area contributed by atoms with Crippen LogP contribution in [0.1, 0.15) is 19.8 Å². The first-order valence-electron chi connectivity index (χ1n) is 7.08. The molecule has 1 aromatic rings. The first-order valence-corrected chi connectivity index (χ1v) is 7.08. The van der Waals surface area contributed by atoms with Crippen molar-refractivity contribution in [1.29, 1.82) is 0 Å². The monoisotopic (exact) mass is 278 g/mol. The van der Waals surface area contributed by atoms with E-state index in [2.05, 4.69) is 0 Å². The number of hydrogen-bond donors (Lipinski definition) is 1. The summed E-state index contributed by atoms with van der Waals surface area (Å²) in [4.78, 5) is 13.8. The van der Waals surface area contributed by atoms with E-state index in [1.165, 1.54) is 0 Å². The average molecular weight is 278 g/mol. The normalized spacial score (nSPS) is 16.0. The topological polar surface area (TPSA) is 64.8 Å². The zero-order valence-corrected chi connectivity index (χ0v) is 11.9. The third-order valence-corrected chi connectivity index (χ3v) is 3.39. The molecule has 0 radical (unpaired) electrons. The summed E-state index contributed by atoms with van der Waals surface area (Å²) in [6, 6.07) is 7.52. The molecule has 1 saturated heterocycles. The van der Waals surface area contributed by atoms with E-state index in [0.717, 1.165) is 31.7 Å². The molecule has 5 heteroatoms. The largest absolute Gasteiger partial charge is 0.494 e. The van der Waals surface area contributed by atoms with Crippen LogP contribution in [0.25, 0.3) is 0 Å². The van der Waals surface area contributed by atoms with Gasteiger partial charge in [-0.1, -0.05) is 0 Å². The van der Waals surface area contributed by atoms with Gasteiger partial charge in [0.15, 0.2) is 6.61 Å². The lowest BCUT2D eigenvalue weighted by molar-refractivity contribution is -0.134. The lowest BCUT2D eigenvalue weighted by atomic mass is 10.1. The Morgan fingerprint density at radius 1 is 1.20 bits per heavy atom. The molecule has 1 aromatic carbocycles. The number of piperidine rings is 1. The van der Waals surface area contributed by atoms with Gasteiger partial charge in [0.2, 0.25) is 0 Å². The fraction of sp³-hybridized carbons (Fsp3) is 0.533. The summed E-state index contributed by atoms with van der Waals surface area (Å²) in [5.41, 5.74) is 5.82. The Kier molecular flexibility index (Phi) is 5.24. The lowest BCUT2D eigenvalue weighted by Crippen LogP contribution is -2.44. The van der Waals surface area contributed by atoms with Gasteiger partial charge in [0, 0.05) is 19.1 Å². The van der Waals surface area contributed by atoms with Gasteiger partial charge in [0.1, 0.15) is 11.5 Å². The molecule has 1 fully saturated rings. The summed E-state index contributed by atoms with van der Waals surface area (Å²) in [6.45, 7) is 4.10. The van der Waals surface area contributed by atoms with Crippen LogP contribution in [0.5, 0.6) is 11.5 Å². The van der Waals surface area contributed by atoms with Crippen molar-refractivity contribution in [2.75, 3.05) is 26.3 Å². The minimum Gasteiger partial charge on any atom is -0.494 e. The average Bonchev–Trinajstić information content (AvgIpc) is 2.47. The molecular formula is C15H22N2O3. The van der Waals surface area contributed by atoms with Crippen LogP contribution in [-0.4, -0.2) is 43.2 Å². The predicted molar refractivity (Wildman–Crippen MR) is 76.9 cm³/mol. The van der Waals surface area contributed by atoms with E-state index in [1.54, 1.807) is 0 Å². The molecule has 0 unspecified atom stereocenters. The van der Waals surface area contributed by atoms with Gasteiger partial charge in [0.05, 0.1) is 6.61 Å². The summed E-state index contributed by atoms with van der Waals surface area (Å²) in [6.07, 6.45) is 1.74. The van der Waals surface area contributed by atoms with Gasteiger partial charge in [-0.05, 0) is 44.0 Å². The zero-order valence-electron chi connectivity index (χ0n) is 11.9. The summed E-state index contributed by atoms with van der Waals surface area (Å²) < 4.78 is 10.9. The number of hydrogen-bond acceptors (Lipinski definition) is 4. The van der Waals surface area contributed by atoms with Gasteiger partial charge in [-0.3, -0.25) is 4.79 Å². The molecule has 0 aromatic heterocycles. The molecule has 1 amide bonds. The first-order chi connectivity index (χ1) is 9.69. The second-order valence-electron chi connectivity index (χ2n) is 4.91. The highest BCUT2D eigenvalue weighted by Crippen LogP contribution is 2.17. The van der Waals surface area contributed by atoms with Crippen molar-refractivity contribution in [3.63, 3.8) is 0 Å². The minimum atomic E-state index is 0.0192. The summed E-state index contributed by atoms with van der Waals surface area (Å²) in [7, 11) is 0. The molecule has 1 heterocycles. The zero-order chi connectivity index (χ0) is 14.4. The minimum absolute atomic E-state index is 0.0192. The Morgan fingerprint density at radius 3 is 2.30 bits per heavy atom. The maximum absolute atomic E-state index is 12.0. The number of amides is 1. The van der Waals surface area contributed by atoms with Crippen LogP contribution in [0.2, 0.25) is 0 Å². The Morgan fingerprint density at radius 2 is 1.75 bits per heavy atom. The van der Waals surface area contributed by atoms with Crippen molar-refractivity contribution >= 4 is 5.91 Å². The van der Waals surface area contributed by atoms with E-state index in [-0.39, 0.29) is 18.6 Å². The van der Waals surface area contributed by atoms with Gasteiger partial charge in [-0.2, -0.15) is 0 Å². The van der Waals surface area contributed by atoms with Crippen LogP contribution in [0.4, 0.5) is 0 Å². The quantitative estimate of drug-likeness (QED) is 0.884. The number of carbonyl (C=O) groups excluding carboxylic acids is 1. The van der Waals surface area contributed by atoms with Crippen molar-refractivity contribution in [3.05, 3.63) is 24.3 Å². The maximum atomic E-state index is 12.0. The van der Waals surface area contributed by atoms with E-state index in [0.29, 0.717) is 12.4 Å². The molecular weight excluding hydrogens is 256 g/mol. The number of ether oxygens (including phenoxy) is 2. The summed E-state index contributed by atoms with van der Waals surface area (Å²) >= 11 is 0. The predicted octanol–water partition coefficient (Wildman–Crippen LogP) is 1.41. The molecule has 2 N–H and O–H groups in total. The van der Waals surface area contributed by atoms with Crippen molar-refractivity contribution < 1.29 is 14.3 Å². The van der Waals surface area contributed by atoms with Gasteiger partial charge in [-0.15, -0.1) is 0 Å². The van der Waals surface area contributed by atoms with Gasteiger partial charge in [0.25, 0.3) is 5.91 Å². The smallest absolute Gasteiger partial charge is 0.260 e. The van der Waals surface area contributed by atoms with Crippen LogP contribution < -0.4 is 15.2 Å². The number of nitrogens with zero attached hydrogens (tertiary/aromatic N) is 1. The second kappa shape index (κ2) is 7.14. The molecule has 0 bridgehead atoms. The maximum Gasteiger partial charge on any atom is 0.260 e. The third-order valence-electron chi connectivity index (χ3n) is 3.39. The van der Waals surface area contributed by atoms with Crippen molar-refractivity contribution in [2.24, 2.45) is 5.73 Å². The van der Waals surface area contributed by atoms with E-state index < -0.39 is 0 Å². The van der Waals surface area contributed by atoms with Crippen LogP contribution in [-0.2, 0) is 4.79 Å². The number of benzene rings is 1. The fourth-order valence-electron chi connectivity index (χ4n) is 2.18. The number of carbonyl (C=O) groups is 1. The Hall–Kier alpha value is -1.75. The molecule has 5 nitrogen and oxygen atoms in total. The highest BCUT2D eigenvalue weighted by molar-refractivity contribution is 5.77. The van der Waals surface area contributed by atoms with Crippen molar-refractivity contribution in [3.8, 4) is 11.5 Å². The molecule has 1 aliphatic rings. The molecule has 2 rings (SSSR count). The lowest BCUT2D eigenvalue weighted by Gasteiger charge is -2.30. The number of rotatable bonds is 5. The van der Waals surface area contributed by atoms with Crippen molar-refractivity contribution in [2.45, 2.75) is 25.8 Å². The van der Waals surface area contributed by atoms with Crippen LogP contribution in [0, 0.1) is 0 Å². The highest BCUT2D eigenvalue weighted by Gasteiger charge is 2.20. The second-order valence-corrected chi connectivity index (χ2v) is 4.91. The molecule has 0 aliphatic carbocycles. The van der Waals surface area contributed by atoms with Gasteiger partial charge >= 0.3 is 0 Å². The van der Waals surface area contributed by atoms with Crippen LogP contribution in [0.15, 0.2) is 24.3 Å². The fourth-order valence-corrected chi connectivity index (χ4v) is 2.18. The van der Waals surface area contributed by atoms with Gasteiger partial charge < -0.3 is 20.1 Å². The highest BCUT2D eigenvalue weighted by atomic mass is 16.5. The third kappa shape index (κ3) is 4.13. The Bertz CT molecular complexity index is 425. The molecule has 1 aliphatic heterocycles. The molecule has 0 atom stereocenters. The Balaban J connectivity index is 1.78. The number of likely N-dealkylation sites (tertiary alicyclic amines) is 1. The number of nitrogens with two attached hydrogens (primary N) is 1. The summed E-state index contributed by atoms with van der Waals surface area (Å²) in [5, 5.41) is 0. The first kappa shape index (κ1) is 14.7. The summed E-state index contributed by atoms with van der Waals surface area (Å²) in [5.74, 6) is 1.50. The molecule has 0 saturated carbocycles. The van der Waals surface area contributed by atoms with Crippen LogP contribution in [0.3, 0.4) is 0 Å². The van der Waals surface area contributed by atoms with Crippen molar-refractivity contribution in [1.82, 2.24) is 4.90 Å². The molecule has 20 heavy (non-hydrogen) atoms. The SMILES string of the molecule is CCOc1ccc(OCC(=O)N2CCC(N)CC2)cc1. The van der Waals surface area contributed by atoms with E-state index in [1.807, 2.05) is 36.1 Å². The standard InChI is InChI=1S/C15H22N2O3/c1-2-19-13-3-5-14(6-4-13)20-11-15(18)17-9-7-12(16)8-10-17/h3-6,12H,2,7-11,16H2,1H3. The molecule has 0 spiro atoms. The van der Waals surface area contributed by atoms with Crippen LogP contribution >= 0.6 is 0 Å².